The van der Waals surface area contributed by atoms with Crippen molar-refractivity contribution < 1.29 is 14.4 Å². The van der Waals surface area contributed by atoms with Crippen LogP contribution in [0.2, 0.25) is 0 Å². The Kier molecular flexibility index (Phi) is 3.69. The summed E-state index contributed by atoms with van der Waals surface area (Å²) in [5.41, 5.74) is 2.13. The van der Waals surface area contributed by atoms with Crippen LogP contribution in [0.4, 0.5) is 0 Å². The minimum Gasteiger partial charge on any atom is -0.462 e. The second kappa shape index (κ2) is 5.79. The van der Waals surface area contributed by atoms with E-state index in [-0.39, 0.29) is 6.61 Å². The highest BCUT2D eigenvalue weighted by atomic mass is 16.7. The van der Waals surface area contributed by atoms with Crippen molar-refractivity contribution in [2.75, 3.05) is 6.61 Å². The summed E-state index contributed by atoms with van der Waals surface area (Å²) in [5.74, 6) is 0. The van der Waals surface area contributed by atoms with Crippen molar-refractivity contribution >= 4 is 12.2 Å². The summed E-state index contributed by atoms with van der Waals surface area (Å²) in [6.07, 6.45) is 0.564. The standard InChI is InChI=1S/C17H15NO3/c19-13-20-12-16-11-17(21-18-16,14-7-3-1-4-8-14)15-9-5-2-6-10-15/h1-10,13H,11-12H2. The number of hydrogen-bond donors (Lipinski definition) is 0. The van der Waals surface area contributed by atoms with Crippen LogP contribution in [-0.4, -0.2) is 18.8 Å². The van der Waals surface area contributed by atoms with Gasteiger partial charge in [0.2, 0.25) is 0 Å². The molecule has 2 aromatic rings. The predicted molar refractivity (Wildman–Crippen MR) is 78.8 cm³/mol. The van der Waals surface area contributed by atoms with Crippen molar-refractivity contribution in [3.63, 3.8) is 0 Å². The van der Waals surface area contributed by atoms with E-state index in [0.717, 1.165) is 16.8 Å². The SMILES string of the molecule is O=COCC1=NOC(c2ccccc2)(c2ccccc2)C1. The summed E-state index contributed by atoms with van der Waals surface area (Å²) in [4.78, 5) is 16.2. The van der Waals surface area contributed by atoms with Gasteiger partial charge in [0, 0.05) is 17.5 Å². The van der Waals surface area contributed by atoms with Gasteiger partial charge in [-0.2, -0.15) is 0 Å². The first-order valence-corrected chi connectivity index (χ1v) is 6.75. The molecule has 1 aliphatic rings. The molecule has 0 unspecified atom stereocenters. The van der Waals surface area contributed by atoms with Crippen LogP contribution in [0.1, 0.15) is 17.5 Å². The largest absolute Gasteiger partial charge is 0.462 e. The van der Waals surface area contributed by atoms with Gasteiger partial charge in [0.05, 0.1) is 5.71 Å². The van der Waals surface area contributed by atoms with E-state index in [0.29, 0.717) is 12.9 Å². The Balaban J connectivity index is 1.97. The number of hydrogen-bond acceptors (Lipinski definition) is 4. The van der Waals surface area contributed by atoms with E-state index in [9.17, 15) is 4.79 Å². The number of carbonyl (C=O) groups excluding carboxylic acids is 1. The first kappa shape index (κ1) is 13.4. The topological polar surface area (TPSA) is 47.9 Å². The summed E-state index contributed by atoms with van der Waals surface area (Å²) in [6, 6.07) is 19.9. The first-order chi connectivity index (χ1) is 10.3. The molecule has 0 saturated carbocycles. The van der Waals surface area contributed by atoms with E-state index in [4.69, 9.17) is 9.57 Å². The lowest BCUT2D eigenvalue weighted by atomic mass is 9.82. The van der Waals surface area contributed by atoms with E-state index >= 15 is 0 Å². The molecule has 1 aliphatic heterocycles. The van der Waals surface area contributed by atoms with E-state index in [1.165, 1.54) is 0 Å². The monoisotopic (exact) mass is 281 g/mol. The second-order valence-corrected chi connectivity index (χ2v) is 4.89. The Morgan fingerprint density at radius 3 is 2.14 bits per heavy atom. The van der Waals surface area contributed by atoms with Crippen molar-refractivity contribution in [1.82, 2.24) is 0 Å². The van der Waals surface area contributed by atoms with Gasteiger partial charge in [-0.1, -0.05) is 65.8 Å². The van der Waals surface area contributed by atoms with Crippen molar-refractivity contribution in [3.8, 4) is 0 Å². The summed E-state index contributed by atoms with van der Waals surface area (Å²) < 4.78 is 4.79. The Hall–Kier alpha value is -2.62. The molecule has 4 nitrogen and oxygen atoms in total. The lowest BCUT2D eigenvalue weighted by Gasteiger charge is -2.27. The van der Waals surface area contributed by atoms with Gasteiger partial charge >= 0.3 is 0 Å². The van der Waals surface area contributed by atoms with Crippen molar-refractivity contribution in [1.29, 1.82) is 0 Å². The summed E-state index contributed by atoms with van der Waals surface area (Å²) in [7, 11) is 0. The highest BCUT2D eigenvalue weighted by Gasteiger charge is 2.42. The quantitative estimate of drug-likeness (QED) is 0.792. The Bertz CT molecular complexity index is 598. The van der Waals surface area contributed by atoms with Gasteiger partial charge in [0.1, 0.15) is 6.61 Å². The van der Waals surface area contributed by atoms with E-state index in [1.807, 2.05) is 60.7 Å². The molecule has 0 amide bonds. The molecular weight excluding hydrogens is 266 g/mol. The average Bonchev–Trinajstić information content (AvgIpc) is 3.00. The maximum Gasteiger partial charge on any atom is 0.293 e. The molecule has 0 aromatic heterocycles. The average molecular weight is 281 g/mol. The zero-order valence-corrected chi connectivity index (χ0v) is 11.4. The van der Waals surface area contributed by atoms with Crippen molar-refractivity contribution in [2.45, 2.75) is 12.0 Å². The van der Waals surface area contributed by atoms with E-state index in [1.54, 1.807) is 0 Å². The third kappa shape index (κ3) is 2.52. The lowest BCUT2D eigenvalue weighted by Crippen LogP contribution is -2.28. The van der Waals surface area contributed by atoms with E-state index in [2.05, 4.69) is 5.16 Å². The fraction of sp³-hybridized carbons (Fsp3) is 0.176. The molecule has 106 valence electrons. The Morgan fingerprint density at radius 1 is 1.05 bits per heavy atom. The molecule has 0 N–H and O–H groups in total. The molecule has 0 radical (unpaired) electrons. The van der Waals surface area contributed by atoms with Gasteiger partial charge in [-0.05, 0) is 0 Å². The van der Waals surface area contributed by atoms with Gasteiger partial charge in [-0.3, -0.25) is 4.79 Å². The van der Waals surface area contributed by atoms with Crippen molar-refractivity contribution in [3.05, 3.63) is 71.8 Å². The third-order valence-electron chi connectivity index (χ3n) is 3.58. The van der Waals surface area contributed by atoms with Gasteiger partial charge in [-0.25, -0.2) is 0 Å². The van der Waals surface area contributed by atoms with Gasteiger partial charge < -0.3 is 9.57 Å². The minimum atomic E-state index is -0.649. The minimum absolute atomic E-state index is 0.158. The van der Waals surface area contributed by atoms with Crippen LogP contribution in [0, 0.1) is 0 Å². The maximum absolute atomic E-state index is 10.3. The number of ether oxygens (including phenoxy) is 1. The zero-order valence-electron chi connectivity index (χ0n) is 11.4. The molecule has 3 rings (SSSR count). The fourth-order valence-electron chi connectivity index (χ4n) is 2.59. The molecule has 0 aliphatic carbocycles. The molecule has 0 atom stereocenters. The maximum atomic E-state index is 10.3. The predicted octanol–water partition coefficient (Wildman–Crippen LogP) is 2.88. The van der Waals surface area contributed by atoms with Crippen LogP contribution in [0.3, 0.4) is 0 Å². The smallest absolute Gasteiger partial charge is 0.293 e. The van der Waals surface area contributed by atoms with Crippen LogP contribution < -0.4 is 0 Å². The van der Waals surface area contributed by atoms with Gasteiger partial charge in [-0.15, -0.1) is 0 Å². The molecule has 21 heavy (non-hydrogen) atoms. The molecule has 0 fully saturated rings. The Morgan fingerprint density at radius 2 is 1.62 bits per heavy atom. The normalized spacial score (nSPS) is 15.9. The summed E-state index contributed by atoms with van der Waals surface area (Å²) in [5, 5.41) is 4.11. The van der Waals surface area contributed by atoms with Crippen LogP contribution in [0.5, 0.6) is 0 Å². The van der Waals surface area contributed by atoms with Crippen LogP contribution >= 0.6 is 0 Å². The summed E-state index contributed by atoms with van der Waals surface area (Å²) >= 11 is 0. The fourth-order valence-corrected chi connectivity index (χ4v) is 2.59. The van der Waals surface area contributed by atoms with Crippen LogP contribution in [-0.2, 0) is 20.0 Å². The van der Waals surface area contributed by atoms with Crippen LogP contribution in [0.15, 0.2) is 65.8 Å². The van der Waals surface area contributed by atoms with Gasteiger partial charge in [0.25, 0.3) is 6.47 Å². The van der Waals surface area contributed by atoms with Gasteiger partial charge in [0.15, 0.2) is 5.60 Å². The number of benzene rings is 2. The molecule has 1 heterocycles. The molecule has 2 aromatic carbocycles. The van der Waals surface area contributed by atoms with Crippen LogP contribution in [0.25, 0.3) is 0 Å². The number of rotatable bonds is 5. The number of nitrogens with zero attached hydrogens (tertiary/aromatic N) is 1. The van der Waals surface area contributed by atoms with Crippen molar-refractivity contribution in [2.24, 2.45) is 5.16 Å². The molecule has 0 saturated heterocycles. The second-order valence-electron chi connectivity index (χ2n) is 4.89. The number of carbonyl (C=O) groups is 1. The van der Waals surface area contributed by atoms with E-state index < -0.39 is 5.60 Å². The molecule has 0 spiro atoms. The lowest BCUT2D eigenvalue weighted by molar-refractivity contribution is -0.127. The molecule has 4 heteroatoms. The Labute approximate surface area is 123 Å². The first-order valence-electron chi connectivity index (χ1n) is 6.75. The highest BCUT2D eigenvalue weighted by molar-refractivity contribution is 5.88. The molecule has 0 bridgehead atoms. The third-order valence-corrected chi connectivity index (χ3v) is 3.58. The zero-order chi connectivity index (χ0) is 14.5. The summed E-state index contributed by atoms with van der Waals surface area (Å²) in [6.45, 7) is 0.582. The molecular formula is C17H15NO3. The highest BCUT2D eigenvalue weighted by Crippen LogP contribution is 2.41. The number of oxime groups is 1.